The monoisotopic (exact) mass is 1060 g/mol. The Morgan fingerprint density at radius 1 is 0.307 bits per heavy atom. The van der Waals surface area contributed by atoms with Gasteiger partial charge in [0.15, 0.2) is 46.0 Å². The summed E-state index contributed by atoms with van der Waals surface area (Å²) in [5.41, 5.74) is 15.8. The summed E-state index contributed by atoms with van der Waals surface area (Å²) in [6.07, 6.45) is 7.79. The van der Waals surface area contributed by atoms with E-state index < -0.39 is 0 Å². The van der Waals surface area contributed by atoms with Crippen LogP contribution in [0.15, 0.2) is 72.8 Å². The second kappa shape index (κ2) is 23.4. The number of aromatic nitrogens is 4. The van der Waals surface area contributed by atoms with Crippen molar-refractivity contribution in [2.24, 2.45) is 0 Å². The molecule has 0 aliphatic carbocycles. The maximum absolute atomic E-state index is 7.25. The third kappa shape index (κ3) is 9.78. The van der Waals surface area contributed by atoms with E-state index in [1.807, 2.05) is 97.1 Å². The molecule has 19 heteroatoms. The quantitative estimate of drug-likeness (QED) is 0.0826. The Hall–Kier alpha value is -8.80. The smallest absolute Gasteiger partial charge is 0.657 e. The third-order valence-electron chi connectivity index (χ3n) is 12.4. The van der Waals surface area contributed by atoms with Crippen LogP contribution in [-0.2, 0) is 17.1 Å². The van der Waals surface area contributed by atoms with Crippen LogP contribution in [0.3, 0.4) is 0 Å². The first kappa shape index (κ1) is 54.0. The van der Waals surface area contributed by atoms with Crippen LogP contribution in [0, 0.1) is 4.91 Å². The van der Waals surface area contributed by atoms with E-state index >= 15 is 0 Å². The molecular formula is C56H52FeN5O13. The summed E-state index contributed by atoms with van der Waals surface area (Å²) < 4.78 is 70.1. The number of nitroso groups, excluding NO2 is 1. The van der Waals surface area contributed by atoms with Gasteiger partial charge in [0.25, 0.3) is 0 Å². The van der Waals surface area contributed by atoms with Crippen LogP contribution in [0.5, 0.6) is 69.0 Å². The molecule has 0 saturated heterocycles. The summed E-state index contributed by atoms with van der Waals surface area (Å²) in [5.74, 6) is 5.28. The van der Waals surface area contributed by atoms with Gasteiger partial charge < -0.3 is 66.8 Å². The standard InChI is InChI=1S/C56H52N4O12.Fe.NO/c1-61-41-21-29(22-42(62-2)53(41)69-9)49-33-13-15-35(57-33)50(30-23-43(63-3)54(70-10)44(24-30)64-4)37-17-19-39(59-37)52(32-27-47(67-7)56(72-12)48(28-32)68-8)40-20-18-38(60-40)51(36-16-14-34(49)58-36)31-25-45(65-5)55(71-11)46(26-31)66-6;;1-2/h13-28H,1-12H3;;/q-2;+2;. The van der Waals surface area contributed by atoms with Crippen molar-refractivity contribution in [3.63, 3.8) is 0 Å². The van der Waals surface area contributed by atoms with E-state index in [4.69, 9.17) is 87.3 Å². The summed E-state index contributed by atoms with van der Waals surface area (Å²) in [5, 5.41) is 0. The molecule has 0 unspecified atom stereocenters. The van der Waals surface area contributed by atoms with Crippen LogP contribution in [-0.4, -0.2) is 95.3 Å². The molecule has 0 atom stereocenters. The molecule has 9 rings (SSSR count). The Morgan fingerprint density at radius 2 is 0.480 bits per heavy atom. The molecule has 7 aromatic rings. The van der Waals surface area contributed by atoms with Gasteiger partial charge in [0, 0.05) is 0 Å². The molecule has 8 bridgehead atoms. The molecule has 18 nitrogen and oxygen atoms in total. The summed E-state index contributed by atoms with van der Waals surface area (Å²) >= 11 is 0. The van der Waals surface area contributed by atoms with Gasteiger partial charge in [-0.15, -0.1) is 27.0 Å². The molecule has 0 spiro atoms. The van der Waals surface area contributed by atoms with E-state index in [0.717, 1.165) is 0 Å². The summed E-state index contributed by atoms with van der Waals surface area (Å²) in [7, 11) is 18.9. The van der Waals surface area contributed by atoms with Gasteiger partial charge in [-0.2, -0.15) is 0 Å². The Kier molecular flexibility index (Phi) is 16.8. The van der Waals surface area contributed by atoms with Crippen LogP contribution < -0.4 is 72.4 Å². The molecule has 0 saturated carbocycles. The topological polar surface area (TPSA) is 204 Å². The maximum atomic E-state index is 7.25. The Morgan fingerprint density at radius 3 is 0.627 bits per heavy atom. The Balaban J connectivity index is 0.00000270. The second-order valence-electron chi connectivity index (χ2n) is 16.0. The van der Waals surface area contributed by atoms with Crippen molar-refractivity contribution < 1.29 is 73.9 Å². The Labute approximate surface area is 443 Å². The van der Waals surface area contributed by atoms with E-state index in [1.165, 1.54) is 0 Å². The summed E-state index contributed by atoms with van der Waals surface area (Å²) in [4.78, 5) is 28.9. The number of benzene rings is 4. The van der Waals surface area contributed by atoms with Crippen LogP contribution in [0.1, 0.15) is 22.8 Å². The van der Waals surface area contributed by atoms with E-state index in [1.54, 1.807) is 85.3 Å². The van der Waals surface area contributed by atoms with E-state index in [2.05, 4.69) is 0 Å². The first-order chi connectivity index (χ1) is 36.1. The summed E-state index contributed by atoms with van der Waals surface area (Å²) in [6, 6.07) is 22.8. The predicted octanol–water partition coefficient (Wildman–Crippen LogP) is 10.2. The molecule has 3 aromatic heterocycles. The number of hydrogen-bond acceptors (Lipinski definition) is 15. The van der Waals surface area contributed by atoms with Crippen LogP contribution in [0.25, 0.3) is 90.9 Å². The third-order valence-corrected chi connectivity index (χ3v) is 12.4. The van der Waals surface area contributed by atoms with Gasteiger partial charge in [-0.05, 0) is 117 Å². The molecule has 2 aliphatic rings. The Bertz CT molecular complexity index is 2970. The first-order valence-electron chi connectivity index (χ1n) is 22.6. The molecule has 2 aliphatic heterocycles. The number of rotatable bonds is 16. The van der Waals surface area contributed by atoms with Crippen molar-refractivity contribution in [2.75, 3.05) is 85.3 Å². The second-order valence-corrected chi connectivity index (χ2v) is 16.0. The van der Waals surface area contributed by atoms with E-state index in [0.29, 0.717) is 158 Å². The van der Waals surface area contributed by atoms with Crippen molar-refractivity contribution >= 4 is 46.4 Å². The van der Waals surface area contributed by atoms with Gasteiger partial charge in [-0.1, -0.05) is 24.3 Å². The zero-order valence-electron chi connectivity index (χ0n) is 43.1. The normalized spacial score (nSPS) is 11.1. The molecule has 0 amide bonds. The van der Waals surface area contributed by atoms with E-state index in [9.17, 15) is 0 Å². The molecule has 5 heterocycles. The van der Waals surface area contributed by atoms with Crippen molar-refractivity contribution in [3.8, 4) is 114 Å². The van der Waals surface area contributed by atoms with Crippen molar-refractivity contribution in [1.82, 2.24) is 25.5 Å². The van der Waals surface area contributed by atoms with Crippen LogP contribution in [0.4, 0.5) is 0 Å². The zero-order valence-corrected chi connectivity index (χ0v) is 44.2. The minimum Gasteiger partial charge on any atom is -0.657 e. The van der Waals surface area contributed by atoms with Gasteiger partial charge in [0.1, 0.15) is 5.59 Å². The molecule has 0 N–H and O–H groups in total. The molecule has 0 fully saturated rings. The first-order valence-corrected chi connectivity index (χ1v) is 22.6. The number of ether oxygens (including phenoxy) is 12. The maximum Gasteiger partial charge on any atom is 2.00 e. The van der Waals surface area contributed by atoms with E-state index in [-0.39, 0.29) is 17.1 Å². The largest absolute Gasteiger partial charge is 2.00 e. The number of methoxy groups -OCH3 is 12. The minimum absolute atomic E-state index is 0. The molecular weight excluding hydrogens is 1010 g/mol. The fourth-order valence-electron chi connectivity index (χ4n) is 9.17. The molecule has 4 aromatic carbocycles. The molecule has 75 heavy (non-hydrogen) atoms. The average Bonchev–Trinajstić information content (AvgIpc) is 4.32. The van der Waals surface area contributed by atoms with Crippen molar-refractivity contribution in [3.05, 3.63) is 100 Å². The van der Waals surface area contributed by atoms with Gasteiger partial charge >= 0.3 is 17.1 Å². The number of hydrogen-bond donors (Lipinski definition) is 0. The van der Waals surface area contributed by atoms with Gasteiger partial charge in [0.2, 0.25) is 23.0 Å². The average molecular weight is 1060 g/mol. The molecule has 1 radical (unpaired) electrons. The van der Waals surface area contributed by atoms with Crippen molar-refractivity contribution in [1.29, 1.82) is 0 Å². The fraction of sp³-hybridized carbons (Fsp3) is 0.214. The predicted molar refractivity (Wildman–Crippen MR) is 283 cm³/mol. The number of fused-ring (bicyclic) bond motifs is 8. The van der Waals surface area contributed by atoms with Gasteiger partial charge in [0.05, 0.1) is 108 Å². The number of nitrogens with zero attached hydrogens (tertiary/aromatic N) is 5. The van der Waals surface area contributed by atoms with Gasteiger partial charge in [-0.3, -0.25) is 0 Å². The zero-order chi connectivity index (χ0) is 52.8. The summed E-state index contributed by atoms with van der Waals surface area (Å²) in [6.45, 7) is 0. The molecule has 387 valence electrons. The fourth-order valence-corrected chi connectivity index (χ4v) is 9.17. The SMILES string of the molecule is COc1cc(-c2c3nc(c(-c4cc(OC)c(OC)c(OC)c4)c4ccc([n-]4)c(-c4cc(OC)c(OC)c(OC)c4)c4nc(c(-c5cc(OC)c(OC)c(OC)c5)c5ccc2[n-]5)C=C4)C=C3)cc(OC)c1OC.[Fe+2].[N]=O. The van der Waals surface area contributed by atoms with Crippen LogP contribution >= 0.6 is 0 Å². The van der Waals surface area contributed by atoms with Crippen molar-refractivity contribution in [2.45, 2.75) is 0 Å². The van der Waals surface area contributed by atoms with Gasteiger partial charge in [-0.25, -0.2) is 9.97 Å². The van der Waals surface area contributed by atoms with Crippen LogP contribution in [0.2, 0.25) is 0 Å². The minimum atomic E-state index is 0.